The molecule has 4 aromatic rings. The highest BCUT2D eigenvalue weighted by molar-refractivity contribution is 7.15. The molecule has 34 heavy (non-hydrogen) atoms. The molecule has 2 aromatic carbocycles. The minimum atomic E-state index is -0.304. The molecule has 7 nitrogen and oxygen atoms in total. The molecule has 9 heteroatoms. The van der Waals surface area contributed by atoms with Crippen molar-refractivity contribution in [2.75, 3.05) is 6.54 Å². The number of para-hydroxylation sites is 1. The molecule has 1 aliphatic heterocycles. The first kappa shape index (κ1) is 21.3. The van der Waals surface area contributed by atoms with Crippen LogP contribution in [0, 0.1) is 12.8 Å². The van der Waals surface area contributed by atoms with Gasteiger partial charge in [-0.15, -0.1) is 11.3 Å². The number of carbonyl (C=O) groups is 2. The van der Waals surface area contributed by atoms with E-state index in [0.29, 0.717) is 34.1 Å². The van der Waals surface area contributed by atoms with Crippen molar-refractivity contribution < 1.29 is 14.1 Å². The van der Waals surface area contributed by atoms with Crippen LogP contribution in [0.15, 0.2) is 53.1 Å². The van der Waals surface area contributed by atoms with Crippen molar-refractivity contribution in [1.29, 1.82) is 0 Å². The topological polar surface area (TPSA) is 88.3 Å². The van der Waals surface area contributed by atoms with Crippen LogP contribution in [0.1, 0.15) is 38.8 Å². The number of aryl methyl sites for hydroxylation is 1. The smallest absolute Gasteiger partial charge is 0.274 e. The Balaban J connectivity index is 1.23. The van der Waals surface area contributed by atoms with Gasteiger partial charge in [-0.05, 0) is 55.5 Å². The van der Waals surface area contributed by atoms with E-state index < -0.39 is 0 Å². The van der Waals surface area contributed by atoms with Gasteiger partial charge in [0.15, 0.2) is 11.3 Å². The number of piperidine rings is 1. The van der Waals surface area contributed by atoms with Crippen molar-refractivity contribution in [1.82, 2.24) is 20.4 Å². The van der Waals surface area contributed by atoms with Crippen molar-refractivity contribution in [3.8, 4) is 10.4 Å². The van der Waals surface area contributed by atoms with E-state index in [2.05, 4.69) is 15.5 Å². The van der Waals surface area contributed by atoms with E-state index in [1.807, 2.05) is 54.3 Å². The number of carbonyl (C=O) groups excluding carboxylic acids is 2. The van der Waals surface area contributed by atoms with E-state index in [1.54, 1.807) is 6.07 Å². The number of rotatable bonds is 5. The maximum Gasteiger partial charge on any atom is 0.274 e. The molecular weight excluding hydrogens is 472 g/mol. The predicted molar refractivity (Wildman–Crippen MR) is 130 cm³/mol. The number of fused-ring (bicyclic) bond motifs is 2. The number of benzene rings is 2. The van der Waals surface area contributed by atoms with Crippen LogP contribution in [-0.4, -0.2) is 45.5 Å². The highest BCUT2D eigenvalue weighted by Gasteiger charge is 2.54. The van der Waals surface area contributed by atoms with Crippen LogP contribution < -0.4 is 5.32 Å². The third-order valence-corrected chi connectivity index (χ3v) is 7.81. The van der Waals surface area contributed by atoms with Gasteiger partial charge in [0, 0.05) is 17.6 Å². The van der Waals surface area contributed by atoms with Gasteiger partial charge < -0.3 is 14.7 Å². The van der Waals surface area contributed by atoms with Crippen LogP contribution in [0.4, 0.5) is 0 Å². The monoisotopic (exact) mass is 492 g/mol. The zero-order valence-electron chi connectivity index (χ0n) is 18.3. The Morgan fingerprint density at radius 2 is 2.03 bits per heavy atom. The fraction of sp³-hybridized carbons (Fsp3) is 0.280. The van der Waals surface area contributed by atoms with Crippen LogP contribution in [0.5, 0.6) is 0 Å². The third-order valence-electron chi connectivity index (χ3n) is 6.56. The number of halogens is 1. The van der Waals surface area contributed by atoms with Crippen molar-refractivity contribution in [3.63, 3.8) is 0 Å². The van der Waals surface area contributed by atoms with Gasteiger partial charge in [-0.2, -0.15) is 0 Å². The normalized spacial score (nSPS) is 21.0. The van der Waals surface area contributed by atoms with E-state index in [1.165, 1.54) is 11.3 Å². The summed E-state index contributed by atoms with van der Waals surface area (Å²) in [6, 6.07) is 14.9. The minimum Gasteiger partial charge on any atom is -0.355 e. The molecule has 2 amide bonds. The largest absolute Gasteiger partial charge is 0.355 e. The fourth-order valence-corrected chi connectivity index (χ4v) is 6.02. The number of likely N-dealkylation sites (tertiary alicyclic amines) is 1. The zero-order chi connectivity index (χ0) is 23.4. The lowest BCUT2D eigenvalue weighted by molar-refractivity contribution is 0.0684. The SMILES string of the molecule is Cc1nc(C(=O)N2C(CNC(=O)c3noc4ccccc34)CC3C[C@@H]32)c(-c2cccc(Cl)c2)s1. The number of aromatic nitrogens is 2. The Morgan fingerprint density at radius 3 is 2.88 bits per heavy atom. The molecule has 2 unspecified atom stereocenters. The summed E-state index contributed by atoms with van der Waals surface area (Å²) >= 11 is 7.69. The zero-order valence-corrected chi connectivity index (χ0v) is 19.9. The van der Waals surface area contributed by atoms with E-state index in [-0.39, 0.29) is 29.6 Å². The molecule has 1 saturated carbocycles. The molecule has 3 atom stereocenters. The number of nitrogens with one attached hydrogen (secondary N) is 1. The van der Waals surface area contributed by atoms with Crippen molar-refractivity contribution in [3.05, 3.63) is 69.9 Å². The molecule has 1 saturated heterocycles. The Hall–Kier alpha value is -3.23. The first-order chi connectivity index (χ1) is 16.5. The second kappa shape index (κ2) is 8.21. The third kappa shape index (κ3) is 3.67. The lowest BCUT2D eigenvalue weighted by Gasteiger charge is -2.27. The average Bonchev–Trinajstić information content (AvgIpc) is 3.17. The molecule has 6 rings (SSSR count). The molecule has 0 radical (unpaired) electrons. The second-order valence-corrected chi connectivity index (χ2v) is 10.5. The van der Waals surface area contributed by atoms with Crippen LogP contribution in [0.25, 0.3) is 21.4 Å². The first-order valence-electron chi connectivity index (χ1n) is 11.2. The molecule has 1 N–H and O–H groups in total. The summed E-state index contributed by atoms with van der Waals surface area (Å²) in [5.74, 6) is 0.0885. The summed E-state index contributed by atoms with van der Waals surface area (Å²) < 4.78 is 5.26. The van der Waals surface area contributed by atoms with Gasteiger partial charge in [-0.25, -0.2) is 4.98 Å². The molecule has 3 heterocycles. The van der Waals surface area contributed by atoms with Gasteiger partial charge in [0.1, 0.15) is 5.69 Å². The highest BCUT2D eigenvalue weighted by atomic mass is 35.5. The van der Waals surface area contributed by atoms with Crippen LogP contribution in [0.2, 0.25) is 5.02 Å². The summed E-state index contributed by atoms with van der Waals surface area (Å²) in [6.07, 6.45) is 1.87. The summed E-state index contributed by atoms with van der Waals surface area (Å²) in [7, 11) is 0. The maximum atomic E-state index is 13.7. The Kier molecular flexibility index (Phi) is 5.15. The minimum absolute atomic E-state index is 0.0875. The molecule has 2 fully saturated rings. The summed E-state index contributed by atoms with van der Waals surface area (Å²) in [6.45, 7) is 2.26. The number of thiazole rings is 1. The maximum absolute atomic E-state index is 13.7. The molecule has 0 bridgehead atoms. The van der Waals surface area contributed by atoms with Crippen LogP contribution in [-0.2, 0) is 0 Å². The van der Waals surface area contributed by atoms with Gasteiger partial charge in [0.25, 0.3) is 11.8 Å². The standard InChI is InChI=1S/C25H21ClN4O3S/c1-13-28-22(23(34-13)14-5-4-6-16(26)9-14)25(32)30-17(10-15-11-19(15)30)12-27-24(31)21-18-7-2-3-8-20(18)33-29-21/h2-9,15,17,19H,10-12H2,1H3,(H,27,31)/t15?,17?,19-/m0/s1. The number of hydrogen-bond acceptors (Lipinski definition) is 6. The number of nitrogens with zero attached hydrogens (tertiary/aromatic N) is 3. The van der Waals surface area contributed by atoms with Gasteiger partial charge in [-0.3, -0.25) is 9.59 Å². The summed E-state index contributed by atoms with van der Waals surface area (Å²) in [5.41, 5.74) is 2.17. The van der Waals surface area contributed by atoms with Crippen LogP contribution in [0.3, 0.4) is 0 Å². The second-order valence-electron chi connectivity index (χ2n) is 8.82. The van der Waals surface area contributed by atoms with E-state index >= 15 is 0 Å². The summed E-state index contributed by atoms with van der Waals surface area (Å²) in [5, 5.41) is 9.01. The highest BCUT2D eigenvalue weighted by Crippen LogP contribution is 2.49. The molecule has 2 aliphatic rings. The van der Waals surface area contributed by atoms with Gasteiger partial charge in [0.2, 0.25) is 0 Å². The Labute approximate surface area is 204 Å². The molecule has 1 aliphatic carbocycles. The van der Waals surface area contributed by atoms with Gasteiger partial charge in [-0.1, -0.05) is 41.0 Å². The average molecular weight is 493 g/mol. The van der Waals surface area contributed by atoms with Gasteiger partial charge >= 0.3 is 0 Å². The van der Waals surface area contributed by atoms with E-state index in [0.717, 1.165) is 28.3 Å². The molecule has 172 valence electrons. The predicted octanol–water partition coefficient (Wildman–Crippen LogP) is 4.95. The number of amides is 2. The fourth-order valence-electron chi connectivity index (χ4n) is 4.92. The lowest BCUT2D eigenvalue weighted by Crippen LogP contribution is -2.45. The Bertz CT molecular complexity index is 1430. The van der Waals surface area contributed by atoms with Crippen molar-refractivity contribution >= 4 is 45.7 Å². The van der Waals surface area contributed by atoms with Crippen LogP contribution >= 0.6 is 22.9 Å². The first-order valence-corrected chi connectivity index (χ1v) is 12.4. The van der Waals surface area contributed by atoms with Crippen molar-refractivity contribution in [2.24, 2.45) is 5.92 Å². The quantitative estimate of drug-likeness (QED) is 0.426. The van der Waals surface area contributed by atoms with Gasteiger partial charge in [0.05, 0.1) is 21.3 Å². The van der Waals surface area contributed by atoms with E-state index in [4.69, 9.17) is 16.1 Å². The van der Waals surface area contributed by atoms with Crippen molar-refractivity contribution in [2.45, 2.75) is 31.8 Å². The van der Waals surface area contributed by atoms with E-state index in [9.17, 15) is 9.59 Å². The molecule has 0 spiro atoms. The molecular formula is C25H21ClN4O3S. The Morgan fingerprint density at radius 1 is 1.18 bits per heavy atom. The lowest BCUT2D eigenvalue weighted by atomic mass is 10.1. The summed E-state index contributed by atoms with van der Waals surface area (Å²) in [4.78, 5) is 33.9. The molecule has 2 aromatic heterocycles. The number of hydrogen-bond donors (Lipinski definition) is 1.